The number of rotatable bonds is 5. The molecule has 116 valence electrons. The van der Waals surface area contributed by atoms with Gasteiger partial charge in [-0.05, 0) is 37.5 Å². The van der Waals surface area contributed by atoms with Gasteiger partial charge in [0.25, 0.3) is 0 Å². The molecule has 2 atom stereocenters. The molecule has 1 saturated heterocycles. The quantitative estimate of drug-likeness (QED) is 0.811. The third kappa shape index (κ3) is 3.17. The van der Waals surface area contributed by atoms with Crippen molar-refractivity contribution in [3.05, 3.63) is 0 Å². The van der Waals surface area contributed by atoms with Crippen LogP contribution in [-0.2, 0) is 9.53 Å². The first-order valence-electron chi connectivity index (χ1n) is 8.00. The molecule has 1 aliphatic heterocycles. The van der Waals surface area contributed by atoms with Crippen molar-refractivity contribution < 1.29 is 9.53 Å². The van der Waals surface area contributed by atoms with E-state index in [-0.39, 0.29) is 11.9 Å². The third-order valence-electron chi connectivity index (χ3n) is 5.17. The molecule has 2 rings (SSSR count). The number of hydrogen-bond acceptors (Lipinski definition) is 3. The van der Waals surface area contributed by atoms with E-state index in [9.17, 15) is 4.79 Å². The predicted octanol–water partition coefficient (Wildman–Crippen LogP) is 2.07. The molecule has 0 aromatic rings. The first-order chi connectivity index (χ1) is 9.38. The molecule has 4 heteroatoms. The van der Waals surface area contributed by atoms with Crippen LogP contribution in [0.5, 0.6) is 0 Å². The molecule has 1 saturated carbocycles. The largest absolute Gasteiger partial charge is 0.379 e. The zero-order valence-corrected chi connectivity index (χ0v) is 13.2. The summed E-state index contributed by atoms with van der Waals surface area (Å²) in [5, 5.41) is 3.18. The van der Waals surface area contributed by atoms with E-state index in [0.29, 0.717) is 24.5 Å². The SMILES string of the molecule is CC(C)CC1(CNC(=O)C2(C)COCC2N)CCCC1. The number of carbonyl (C=O) groups is 1. The Hall–Kier alpha value is -0.610. The van der Waals surface area contributed by atoms with Gasteiger partial charge in [-0.2, -0.15) is 0 Å². The molecule has 2 aliphatic rings. The summed E-state index contributed by atoms with van der Waals surface area (Å²) in [5.41, 5.74) is 5.78. The Morgan fingerprint density at radius 2 is 2.05 bits per heavy atom. The van der Waals surface area contributed by atoms with Crippen LogP contribution in [0.2, 0.25) is 0 Å². The van der Waals surface area contributed by atoms with Gasteiger partial charge in [0.15, 0.2) is 0 Å². The molecule has 0 aromatic carbocycles. The fraction of sp³-hybridized carbons (Fsp3) is 0.938. The molecule has 2 fully saturated rings. The minimum atomic E-state index is -0.558. The van der Waals surface area contributed by atoms with E-state index in [1.807, 2.05) is 6.92 Å². The van der Waals surface area contributed by atoms with Crippen molar-refractivity contribution in [3.8, 4) is 0 Å². The minimum Gasteiger partial charge on any atom is -0.379 e. The van der Waals surface area contributed by atoms with Crippen molar-refractivity contribution >= 4 is 5.91 Å². The summed E-state index contributed by atoms with van der Waals surface area (Å²) in [6, 6.07) is -0.188. The van der Waals surface area contributed by atoms with Gasteiger partial charge in [0.1, 0.15) is 0 Å². The van der Waals surface area contributed by atoms with Gasteiger partial charge in [-0.15, -0.1) is 0 Å². The summed E-state index contributed by atoms with van der Waals surface area (Å²) in [5.74, 6) is 0.746. The van der Waals surface area contributed by atoms with Gasteiger partial charge in [-0.1, -0.05) is 26.7 Å². The molecular formula is C16H30N2O2. The Labute approximate surface area is 122 Å². The lowest BCUT2D eigenvalue weighted by Crippen LogP contribution is -2.51. The maximum Gasteiger partial charge on any atom is 0.229 e. The van der Waals surface area contributed by atoms with E-state index in [0.717, 1.165) is 6.54 Å². The zero-order valence-electron chi connectivity index (χ0n) is 13.2. The van der Waals surface area contributed by atoms with Crippen LogP contribution in [0.3, 0.4) is 0 Å². The van der Waals surface area contributed by atoms with Crippen LogP contribution in [-0.4, -0.2) is 31.7 Å². The average Bonchev–Trinajstić information content (AvgIpc) is 2.96. The molecule has 0 aromatic heterocycles. The van der Waals surface area contributed by atoms with Crippen molar-refractivity contribution in [1.82, 2.24) is 5.32 Å². The first-order valence-corrected chi connectivity index (χ1v) is 8.00. The van der Waals surface area contributed by atoms with E-state index in [4.69, 9.17) is 10.5 Å². The van der Waals surface area contributed by atoms with Crippen LogP contribution in [0.25, 0.3) is 0 Å². The fourth-order valence-corrected chi connectivity index (χ4v) is 3.84. The number of hydrogen-bond donors (Lipinski definition) is 2. The van der Waals surface area contributed by atoms with Crippen LogP contribution >= 0.6 is 0 Å². The Morgan fingerprint density at radius 3 is 2.55 bits per heavy atom. The summed E-state index contributed by atoms with van der Waals surface area (Å²) >= 11 is 0. The van der Waals surface area contributed by atoms with Crippen LogP contribution in [0.1, 0.15) is 52.9 Å². The number of ether oxygens (including phenoxy) is 1. The molecule has 1 heterocycles. The average molecular weight is 282 g/mol. The summed E-state index contributed by atoms with van der Waals surface area (Å²) in [6.45, 7) is 8.18. The third-order valence-corrected chi connectivity index (χ3v) is 5.17. The molecule has 2 unspecified atom stereocenters. The van der Waals surface area contributed by atoms with Gasteiger partial charge in [-0.25, -0.2) is 0 Å². The highest BCUT2D eigenvalue weighted by Gasteiger charge is 2.45. The van der Waals surface area contributed by atoms with Crippen molar-refractivity contribution in [2.45, 2.75) is 58.9 Å². The number of carbonyl (C=O) groups excluding carboxylic acids is 1. The van der Waals surface area contributed by atoms with Gasteiger partial charge in [0.2, 0.25) is 5.91 Å². The van der Waals surface area contributed by atoms with Gasteiger partial charge in [0, 0.05) is 12.6 Å². The first kappa shape index (κ1) is 15.8. The molecular weight excluding hydrogens is 252 g/mol. The maximum atomic E-state index is 12.5. The van der Waals surface area contributed by atoms with E-state index in [2.05, 4.69) is 19.2 Å². The van der Waals surface area contributed by atoms with Gasteiger partial charge < -0.3 is 15.8 Å². The van der Waals surface area contributed by atoms with Crippen molar-refractivity contribution in [2.24, 2.45) is 22.5 Å². The predicted molar refractivity (Wildman–Crippen MR) is 80.3 cm³/mol. The number of nitrogens with two attached hydrogens (primary N) is 1. The van der Waals surface area contributed by atoms with E-state index >= 15 is 0 Å². The highest BCUT2D eigenvalue weighted by atomic mass is 16.5. The summed E-state index contributed by atoms with van der Waals surface area (Å²) < 4.78 is 5.37. The summed E-state index contributed by atoms with van der Waals surface area (Å²) in [6.07, 6.45) is 6.27. The smallest absolute Gasteiger partial charge is 0.229 e. The highest BCUT2D eigenvalue weighted by molar-refractivity contribution is 5.83. The number of nitrogens with one attached hydrogen (secondary N) is 1. The Balaban J connectivity index is 1.94. The van der Waals surface area contributed by atoms with Crippen molar-refractivity contribution in [1.29, 1.82) is 0 Å². The zero-order chi connectivity index (χ0) is 14.8. The summed E-state index contributed by atoms with van der Waals surface area (Å²) in [4.78, 5) is 12.5. The molecule has 3 N–H and O–H groups in total. The maximum absolute atomic E-state index is 12.5. The van der Waals surface area contributed by atoms with Crippen LogP contribution in [0, 0.1) is 16.7 Å². The Bertz CT molecular complexity index is 350. The van der Waals surface area contributed by atoms with Gasteiger partial charge in [0.05, 0.1) is 18.6 Å². The van der Waals surface area contributed by atoms with E-state index in [1.165, 1.54) is 32.1 Å². The fourth-order valence-electron chi connectivity index (χ4n) is 3.84. The molecule has 20 heavy (non-hydrogen) atoms. The standard InChI is InChI=1S/C16H30N2O2/c1-12(2)8-16(6-4-5-7-16)10-18-14(19)15(3)11-20-9-13(15)17/h12-13H,4-11,17H2,1-3H3,(H,18,19). The van der Waals surface area contributed by atoms with Crippen LogP contribution < -0.4 is 11.1 Å². The second kappa shape index (κ2) is 6.02. The molecule has 1 aliphatic carbocycles. The van der Waals surface area contributed by atoms with Crippen molar-refractivity contribution in [2.75, 3.05) is 19.8 Å². The Morgan fingerprint density at radius 1 is 1.40 bits per heavy atom. The lowest BCUT2D eigenvalue weighted by molar-refractivity contribution is -0.131. The van der Waals surface area contributed by atoms with E-state index in [1.54, 1.807) is 0 Å². The topological polar surface area (TPSA) is 64.3 Å². The highest BCUT2D eigenvalue weighted by Crippen LogP contribution is 2.42. The Kier molecular flexibility index (Phi) is 4.75. The second-order valence-electron chi connectivity index (χ2n) is 7.53. The molecule has 0 spiro atoms. The summed E-state index contributed by atoms with van der Waals surface area (Å²) in [7, 11) is 0. The molecule has 0 radical (unpaired) electrons. The minimum absolute atomic E-state index is 0.0672. The number of amides is 1. The molecule has 4 nitrogen and oxygen atoms in total. The van der Waals surface area contributed by atoms with E-state index < -0.39 is 5.41 Å². The monoisotopic (exact) mass is 282 g/mol. The van der Waals surface area contributed by atoms with Crippen LogP contribution in [0.15, 0.2) is 0 Å². The lowest BCUT2D eigenvalue weighted by atomic mass is 9.78. The lowest BCUT2D eigenvalue weighted by Gasteiger charge is -2.33. The normalized spacial score (nSPS) is 32.8. The molecule has 1 amide bonds. The van der Waals surface area contributed by atoms with Gasteiger partial charge >= 0.3 is 0 Å². The second-order valence-corrected chi connectivity index (χ2v) is 7.53. The van der Waals surface area contributed by atoms with Crippen molar-refractivity contribution in [3.63, 3.8) is 0 Å². The molecule has 0 bridgehead atoms. The van der Waals surface area contributed by atoms with Gasteiger partial charge in [-0.3, -0.25) is 4.79 Å². The van der Waals surface area contributed by atoms with Crippen LogP contribution in [0.4, 0.5) is 0 Å².